The van der Waals surface area contributed by atoms with Crippen molar-refractivity contribution < 1.29 is 9.47 Å². The summed E-state index contributed by atoms with van der Waals surface area (Å²) in [5.41, 5.74) is 3.19. The van der Waals surface area contributed by atoms with Gasteiger partial charge in [0.1, 0.15) is 11.5 Å². The molecule has 0 bridgehead atoms. The van der Waals surface area contributed by atoms with Gasteiger partial charge in [-0.3, -0.25) is 0 Å². The zero-order valence-corrected chi connectivity index (χ0v) is 12.6. The first-order valence-corrected chi connectivity index (χ1v) is 6.72. The minimum Gasteiger partial charge on any atom is -0.497 e. The molecule has 0 saturated carbocycles. The van der Waals surface area contributed by atoms with Gasteiger partial charge >= 0.3 is 0 Å². The zero-order valence-electron chi connectivity index (χ0n) is 11.9. The molecule has 2 rings (SSSR count). The minimum atomic E-state index is 0.723. The maximum atomic E-state index is 6.09. The fraction of sp³-hybridized carbons (Fsp3) is 0.250. The predicted molar refractivity (Wildman–Crippen MR) is 82.8 cm³/mol. The second-order valence-electron chi connectivity index (χ2n) is 4.40. The summed E-state index contributed by atoms with van der Waals surface area (Å²) in [6, 6.07) is 11.6. The van der Waals surface area contributed by atoms with Crippen LogP contribution in [0.15, 0.2) is 36.4 Å². The molecule has 4 heteroatoms. The lowest BCUT2D eigenvalue weighted by Crippen LogP contribution is -2.06. The Morgan fingerprint density at radius 1 is 1.00 bits per heavy atom. The van der Waals surface area contributed by atoms with Gasteiger partial charge in [0, 0.05) is 17.1 Å². The summed E-state index contributed by atoms with van der Waals surface area (Å²) >= 11 is 6.09. The third kappa shape index (κ3) is 3.06. The quantitative estimate of drug-likeness (QED) is 0.910. The molecule has 2 aromatic rings. The van der Waals surface area contributed by atoms with Gasteiger partial charge in [0.05, 0.1) is 14.2 Å². The summed E-state index contributed by atoms with van der Waals surface area (Å²) in [5, 5.41) is 3.88. The smallest absolute Gasteiger partial charge is 0.126 e. The van der Waals surface area contributed by atoms with Crippen LogP contribution in [0, 0.1) is 0 Å². The summed E-state index contributed by atoms with van der Waals surface area (Å²) in [7, 11) is 5.23. The molecule has 0 aliphatic rings. The van der Waals surface area contributed by atoms with Crippen molar-refractivity contribution in [2.75, 3.05) is 21.3 Å². The number of nitrogens with one attached hydrogen (secondary N) is 1. The molecule has 0 amide bonds. The molecular weight excluding hydrogens is 274 g/mol. The normalized spacial score (nSPS) is 10.4. The van der Waals surface area contributed by atoms with E-state index in [1.165, 1.54) is 0 Å². The molecule has 20 heavy (non-hydrogen) atoms. The van der Waals surface area contributed by atoms with Crippen LogP contribution in [0.4, 0.5) is 0 Å². The highest BCUT2D eigenvalue weighted by Gasteiger charge is 2.12. The van der Waals surface area contributed by atoms with E-state index in [0.717, 1.165) is 39.8 Å². The zero-order chi connectivity index (χ0) is 14.5. The van der Waals surface area contributed by atoms with Crippen LogP contribution in [0.1, 0.15) is 5.56 Å². The van der Waals surface area contributed by atoms with E-state index in [-0.39, 0.29) is 0 Å². The van der Waals surface area contributed by atoms with Gasteiger partial charge < -0.3 is 14.8 Å². The van der Waals surface area contributed by atoms with Gasteiger partial charge in [-0.25, -0.2) is 0 Å². The first kappa shape index (κ1) is 14.7. The second-order valence-corrected chi connectivity index (χ2v) is 4.83. The minimum absolute atomic E-state index is 0.723. The lowest BCUT2D eigenvalue weighted by molar-refractivity contribution is 0.404. The van der Waals surface area contributed by atoms with E-state index >= 15 is 0 Å². The average molecular weight is 292 g/mol. The van der Waals surface area contributed by atoms with Gasteiger partial charge in [-0.2, -0.15) is 0 Å². The lowest BCUT2D eigenvalue weighted by atomic mass is 9.98. The molecule has 1 N–H and O–H groups in total. The SMILES string of the molecule is CNCc1cc(Cl)ccc1-c1cc(OC)ccc1OC. The van der Waals surface area contributed by atoms with Crippen molar-refractivity contribution in [3.05, 3.63) is 47.0 Å². The van der Waals surface area contributed by atoms with Gasteiger partial charge in [0.15, 0.2) is 0 Å². The van der Waals surface area contributed by atoms with Gasteiger partial charge in [-0.15, -0.1) is 0 Å². The first-order chi connectivity index (χ1) is 9.69. The number of ether oxygens (including phenoxy) is 2. The summed E-state index contributed by atoms with van der Waals surface area (Å²) in [6.07, 6.45) is 0. The van der Waals surface area contributed by atoms with Crippen LogP contribution in [-0.4, -0.2) is 21.3 Å². The molecule has 0 spiro atoms. The van der Waals surface area contributed by atoms with Crippen molar-refractivity contribution in [1.82, 2.24) is 5.32 Å². The predicted octanol–water partition coefficient (Wildman–Crippen LogP) is 3.74. The van der Waals surface area contributed by atoms with Gasteiger partial charge in [0.25, 0.3) is 0 Å². The Labute approximate surface area is 124 Å². The Bertz CT molecular complexity index is 599. The Kier molecular flexibility index (Phi) is 4.88. The van der Waals surface area contributed by atoms with E-state index in [2.05, 4.69) is 5.32 Å². The van der Waals surface area contributed by atoms with Crippen LogP contribution in [0.2, 0.25) is 5.02 Å². The number of rotatable bonds is 5. The van der Waals surface area contributed by atoms with Crippen LogP contribution in [0.25, 0.3) is 11.1 Å². The number of benzene rings is 2. The molecule has 0 aromatic heterocycles. The van der Waals surface area contributed by atoms with Crippen LogP contribution in [-0.2, 0) is 6.54 Å². The summed E-state index contributed by atoms with van der Waals surface area (Å²) in [4.78, 5) is 0. The molecule has 0 aliphatic carbocycles. The lowest BCUT2D eigenvalue weighted by Gasteiger charge is -2.14. The summed E-state index contributed by atoms with van der Waals surface area (Å²) < 4.78 is 10.8. The van der Waals surface area contributed by atoms with Crippen molar-refractivity contribution in [2.45, 2.75) is 6.54 Å². The summed E-state index contributed by atoms with van der Waals surface area (Å²) in [6.45, 7) is 0.732. The Balaban J connectivity index is 2.60. The van der Waals surface area contributed by atoms with Gasteiger partial charge in [-0.05, 0) is 48.5 Å². The molecule has 2 aromatic carbocycles. The standard InChI is InChI=1S/C16H18ClNO2/c1-18-10-11-8-12(17)4-6-14(11)15-9-13(19-2)5-7-16(15)20-3/h4-9,18H,10H2,1-3H3. The molecule has 3 nitrogen and oxygen atoms in total. The van der Waals surface area contributed by atoms with Crippen LogP contribution in [0.5, 0.6) is 11.5 Å². The monoisotopic (exact) mass is 291 g/mol. The maximum Gasteiger partial charge on any atom is 0.126 e. The third-order valence-corrected chi connectivity index (χ3v) is 3.37. The van der Waals surface area contributed by atoms with Crippen molar-refractivity contribution in [3.63, 3.8) is 0 Å². The third-order valence-electron chi connectivity index (χ3n) is 3.13. The van der Waals surface area contributed by atoms with Gasteiger partial charge in [0.2, 0.25) is 0 Å². The Hall–Kier alpha value is -1.71. The number of hydrogen-bond donors (Lipinski definition) is 1. The highest BCUT2D eigenvalue weighted by molar-refractivity contribution is 6.30. The molecule has 0 fully saturated rings. The highest BCUT2D eigenvalue weighted by atomic mass is 35.5. The Morgan fingerprint density at radius 3 is 2.45 bits per heavy atom. The fourth-order valence-corrected chi connectivity index (χ4v) is 2.38. The van der Waals surface area contributed by atoms with E-state index in [1.807, 2.05) is 43.4 Å². The maximum absolute atomic E-state index is 6.09. The molecule has 0 atom stereocenters. The van der Waals surface area contributed by atoms with Crippen LogP contribution < -0.4 is 14.8 Å². The van der Waals surface area contributed by atoms with E-state index in [9.17, 15) is 0 Å². The van der Waals surface area contributed by atoms with E-state index < -0.39 is 0 Å². The largest absolute Gasteiger partial charge is 0.497 e. The van der Waals surface area contributed by atoms with Crippen molar-refractivity contribution in [1.29, 1.82) is 0 Å². The van der Waals surface area contributed by atoms with E-state index in [0.29, 0.717) is 0 Å². The Morgan fingerprint density at radius 2 is 1.80 bits per heavy atom. The van der Waals surface area contributed by atoms with Crippen LogP contribution >= 0.6 is 11.6 Å². The fourth-order valence-electron chi connectivity index (χ4n) is 2.19. The van der Waals surface area contributed by atoms with Crippen LogP contribution in [0.3, 0.4) is 0 Å². The summed E-state index contributed by atoms with van der Waals surface area (Å²) in [5.74, 6) is 1.61. The topological polar surface area (TPSA) is 30.5 Å². The average Bonchev–Trinajstić information content (AvgIpc) is 2.47. The second kappa shape index (κ2) is 6.64. The van der Waals surface area contributed by atoms with E-state index in [4.69, 9.17) is 21.1 Å². The van der Waals surface area contributed by atoms with E-state index in [1.54, 1.807) is 14.2 Å². The number of halogens is 1. The molecular formula is C16H18ClNO2. The number of methoxy groups -OCH3 is 2. The first-order valence-electron chi connectivity index (χ1n) is 6.35. The van der Waals surface area contributed by atoms with Gasteiger partial charge in [-0.1, -0.05) is 17.7 Å². The van der Waals surface area contributed by atoms with Crippen molar-refractivity contribution in [2.24, 2.45) is 0 Å². The molecule has 0 heterocycles. The molecule has 0 unspecified atom stereocenters. The molecule has 106 valence electrons. The molecule has 0 saturated heterocycles. The number of hydrogen-bond acceptors (Lipinski definition) is 3. The molecule has 0 radical (unpaired) electrons. The van der Waals surface area contributed by atoms with Crippen molar-refractivity contribution >= 4 is 11.6 Å². The molecule has 0 aliphatic heterocycles. The highest BCUT2D eigenvalue weighted by Crippen LogP contribution is 2.36. The van der Waals surface area contributed by atoms with Crippen molar-refractivity contribution in [3.8, 4) is 22.6 Å².